The molecule has 0 aromatic rings. The minimum Gasteiger partial charge on any atom is -0.506 e. The molecule has 3 nitrogen and oxygen atoms in total. The molecular weight excluding hydrogens is 94.0 g/mol. The number of aliphatic imine (C=N–C) groups is 1. The summed E-state index contributed by atoms with van der Waals surface area (Å²) in [6, 6.07) is 0. The van der Waals surface area contributed by atoms with E-state index in [2.05, 4.69) is 4.99 Å². The standard InChI is InChI=1S/C4H3NO2/c6-3-1-4(7)5-2-3/h1-2,6H. The van der Waals surface area contributed by atoms with Gasteiger partial charge in [-0.25, -0.2) is 4.99 Å². The van der Waals surface area contributed by atoms with Gasteiger partial charge in [0.25, 0.3) is 5.91 Å². The van der Waals surface area contributed by atoms with Crippen LogP contribution in [-0.4, -0.2) is 17.2 Å². The maximum atomic E-state index is 10.0. The molecule has 3 heteroatoms. The van der Waals surface area contributed by atoms with E-state index in [1.54, 1.807) is 0 Å². The van der Waals surface area contributed by atoms with Gasteiger partial charge in [-0.3, -0.25) is 4.79 Å². The zero-order valence-electron chi connectivity index (χ0n) is 3.46. The first-order valence-electron chi connectivity index (χ1n) is 1.78. The summed E-state index contributed by atoms with van der Waals surface area (Å²) in [4.78, 5) is 13.2. The van der Waals surface area contributed by atoms with Crippen LogP contribution in [0.4, 0.5) is 0 Å². The molecule has 0 spiro atoms. The molecule has 0 aromatic carbocycles. The molecular formula is C4H3NO2. The van der Waals surface area contributed by atoms with Crippen LogP contribution in [-0.2, 0) is 4.79 Å². The number of amides is 1. The van der Waals surface area contributed by atoms with E-state index in [9.17, 15) is 4.79 Å². The molecule has 36 valence electrons. The Morgan fingerprint density at radius 3 is 2.57 bits per heavy atom. The number of carbonyl (C=O) groups excluding carboxylic acids is 1. The van der Waals surface area contributed by atoms with Crippen LogP contribution in [0.1, 0.15) is 0 Å². The lowest BCUT2D eigenvalue weighted by Crippen LogP contribution is -1.76. The first kappa shape index (κ1) is 4.05. The van der Waals surface area contributed by atoms with Crippen LogP contribution in [0.25, 0.3) is 0 Å². The fourth-order valence-electron chi connectivity index (χ4n) is 0.331. The summed E-state index contributed by atoms with van der Waals surface area (Å²) < 4.78 is 0. The van der Waals surface area contributed by atoms with Crippen molar-refractivity contribution in [3.63, 3.8) is 0 Å². The van der Waals surface area contributed by atoms with E-state index in [-0.39, 0.29) is 5.76 Å². The molecule has 0 saturated heterocycles. The largest absolute Gasteiger partial charge is 0.506 e. The molecule has 0 aliphatic carbocycles. The Morgan fingerprint density at radius 1 is 1.71 bits per heavy atom. The summed E-state index contributed by atoms with van der Waals surface area (Å²) in [5.41, 5.74) is 0. The maximum absolute atomic E-state index is 10.0. The quantitative estimate of drug-likeness (QED) is 0.464. The van der Waals surface area contributed by atoms with Crippen LogP contribution >= 0.6 is 0 Å². The van der Waals surface area contributed by atoms with Gasteiger partial charge in [0.05, 0.1) is 6.21 Å². The van der Waals surface area contributed by atoms with E-state index in [1.807, 2.05) is 0 Å². The van der Waals surface area contributed by atoms with Crippen molar-refractivity contribution < 1.29 is 9.90 Å². The molecule has 0 radical (unpaired) electrons. The molecule has 0 atom stereocenters. The predicted molar refractivity (Wildman–Crippen MR) is 24.2 cm³/mol. The van der Waals surface area contributed by atoms with Gasteiger partial charge < -0.3 is 5.11 Å². The number of aliphatic hydroxyl groups excluding tert-OH is 1. The lowest BCUT2D eigenvalue weighted by molar-refractivity contribution is -0.113. The minimum absolute atomic E-state index is 0.0648. The Kier molecular flexibility index (Phi) is 0.685. The second-order valence-electron chi connectivity index (χ2n) is 1.17. The Bertz CT molecular complexity index is 157. The fraction of sp³-hybridized carbons (Fsp3) is 0. The molecule has 1 aliphatic rings. The summed E-state index contributed by atoms with van der Waals surface area (Å²) in [6.45, 7) is 0. The van der Waals surface area contributed by atoms with Crippen molar-refractivity contribution in [1.82, 2.24) is 0 Å². The fourth-order valence-corrected chi connectivity index (χ4v) is 0.331. The summed E-state index contributed by atoms with van der Waals surface area (Å²) >= 11 is 0. The Balaban J connectivity index is 2.88. The number of hydrogen-bond donors (Lipinski definition) is 1. The van der Waals surface area contributed by atoms with Gasteiger partial charge in [-0.15, -0.1) is 0 Å². The molecule has 1 amide bonds. The van der Waals surface area contributed by atoms with E-state index < -0.39 is 5.91 Å². The number of aliphatic hydroxyl groups is 1. The van der Waals surface area contributed by atoms with Crippen molar-refractivity contribution in [2.75, 3.05) is 0 Å². The zero-order valence-corrected chi connectivity index (χ0v) is 3.46. The summed E-state index contributed by atoms with van der Waals surface area (Å²) in [6.07, 6.45) is 2.17. The van der Waals surface area contributed by atoms with E-state index >= 15 is 0 Å². The molecule has 1 N–H and O–H groups in total. The van der Waals surface area contributed by atoms with Crippen molar-refractivity contribution in [2.24, 2.45) is 4.99 Å². The lowest BCUT2D eigenvalue weighted by Gasteiger charge is -1.70. The maximum Gasteiger partial charge on any atom is 0.273 e. The van der Waals surface area contributed by atoms with E-state index in [1.165, 1.54) is 0 Å². The molecule has 0 bridgehead atoms. The molecule has 1 heterocycles. The van der Waals surface area contributed by atoms with Crippen LogP contribution in [0.15, 0.2) is 16.8 Å². The average molecular weight is 97.1 g/mol. The van der Waals surface area contributed by atoms with Gasteiger partial charge in [0, 0.05) is 6.08 Å². The van der Waals surface area contributed by atoms with E-state index in [0.717, 1.165) is 12.3 Å². The van der Waals surface area contributed by atoms with Gasteiger partial charge in [0.1, 0.15) is 5.76 Å². The van der Waals surface area contributed by atoms with E-state index in [0.29, 0.717) is 0 Å². The molecule has 0 aromatic heterocycles. The number of carbonyl (C=O) groups is 1. The zero-order chi connectivity index (χ0) is 5.28. The van der Waals surface area contributed by atoms with Gasteiger partial charge in [-0.1, -0.05) is 0 Å². The third kappa shape index (κ3) is 0.652. The van der Waals surface area contributed by atoms with Gasteiger partial charge in [-0.2, -0.15) is 0 Å². The highest BCUT2D eigenvalue weighted by molar-refractivity contribution is 6.05. The van der Waals surface area contributed by atoms with Crippen LogP contribution in [0.3, 0.4) is 0 Å². The van der Waals surface area contributed by atoms with Gasteiger partial charge in [0.2, 0.25) is 0 Å². The number of allylic oxidation sites excluding steroid dienone is 1. The van der Waals surface area contributed by atoms with Gasteiger partial charge >= 0.3 is 0 Å². The third-order valence-corrected chi connectivity index (χ3v) is 0.595. The first-order chi connectivity index (χ1) is 3.29. The Morgan fingerprint density at radius 2 is 2.43 bits per heavy atom. The van der Waals surface area contributed by atoms with Gasteiger partial charge in [-0.05, 0) is 0 Å². The Hall–Kier alpha value is -1.12. The normalized spacial score (nSPS) is 17.7. The molecule has 0 unspecified atom stereocenters. The summed E-state index contributed by atoms with van der Waals surface area (Å²) in [5, 5.41) is 8.39. The molecule has 0 fully saturated rings. The smallest absolute Gasteiger partial charge is 0.273 e. The number of hydrogen-bond acceptors (Lipinski definition) is 2. The predicted octanol–water partition coefficient (Wildman–Crippen LogP) is 0.0393. The third-order valence-electron chi connectivity index (χ3n) is 0.595. The highest BCUT2D eigenvalue weighted by Gasteiger charge is 2.01. The number of rotatable bonds is 0. The molecule has 1 aliphatic heterocycles. The highest BCUT2D eigenvalue weighted by atomic mass is 16.3. The van der Waals surface area contributed by atoms with Crippen molar-refractivity contribution in [3.05, 3.63) is 11.8 Å². The number of nitrogens with zero attached hydrogens (tertiary/aromatic N) is 1. The second-order valence-corrected chi connectivity index (χ2v) is 1.17. The van der Waals surface area contributed by atoms with Crippen molar-refractivity contribution in [3.8, 4) is 0 Å². The van der Waals surface area contributed by atoms with Gasteiger partial charge in [0.15, 0.2) is 0 Å². The highest BCUT2D eigenvalue weighted by Crippen LogP contribution is 1.93. The topological polar surface area (TPSA) is 49.7 Å². The van der Waals surface area contributed by atoms with Crippen LogP contribution in [0.5, 0.6) is 0 Å². The first-order valence-corrected chi connectivity index (χ1v) is 1.78. The molecule has 0 saturated carbocycles. The second kappa shape index (κ2) is 1.18. The van der Waals surface area contributed by atoms with Crippen molar-refractivity contribution >= 4 is 12.1 Å². The van der Waals surface area contributed by atoms with Crippen molar-refractivity contribution in [2.45, 2.75) is 0 Å². The Labute approximate surface area is 40.0 Å². The van der Waals surface area contributed by atoms with E-state index in [4.69, 9.17) is 5.11 Å². The van der Waals surface area contributed by atoms with Crippen LogP contribution in [0.2, 0.25) is 0 Å². The lowest BCUT2D eigenvalue weighted by atomic mass is 10.5. The SMILES string of the molecule is O=C1C=C(O)C=N1. The summed E-state index contributed by atoms with van der Waals surface area (Å²) in [5.74, 6) is -0.456. The van der Waals surface area contributed by atoms with Crippen LogP contribution < -0.4 is 0 Å². The summed E-state index contributed by atoms with van der Waals surface area (Å²) in [7, 11) is 0. The minimum atomic E-state index is -0.391. The molecule has 7 heavy (non-hydrogen) atoms. The molecule has 1 rings (SSSR count). The average Bonchev–Trinajstić information content (AvgIpc) is 1.87. The monoisotopic (exact) mass is 97.0 g/mol. The van der Waals surface area contributed by atoms with Crippen molar-refractivity contribution in [1.29, 1.82) is 0 Å². The van der Waals surface area contributed by atoms with Crippen LogP contribution in [0, 0.1) is 0 Å².